The Balaban J connectivity index is 2.90. The second kappa shape index (κ2) is 7.76. The van der Waals surface area contributed by atoms with Gasteiger partial charge in [0.2, 0.25) is 11.8 Å². The monoisotopic (exact) mass is 299 g/mol. The minimum Gasteiger partial charge on any atom is -0.479 e. The second-order valence-electron chi connectivity index (χ2n) is 4.08. The Bertz CT molecular complexity index is 519. The van der Waals surface area contributed by atoms with Gasteiger partial charge in [-0.25, -0.2) is 9.98 Å². The first kappa shape index (κ1) is 16.3. The van der Waals surface area contributed by atoms with Crippen LogP contribution in [0, 0.1) is 6.92 Å². The Labute approximate surface area is 122 Å². The van der Waals surface area contributed by atoms with Gasteiger partial charge in [0.25, 0.3) is 0 Å². The van der Waals surface area contributed by atoms with Crippen molar-refractivity contribution in [1.29, 1.82) is 0 Å². The summed E-state index contributed by atoms with van der Waals surface area (Å²) in [6.45, 7) is 4.25. The van der Waals surface area contributed by atoms with Crippen LogP contribution in [-0.4, -0.2) is 41.8 Å². The molecule has 3 N–H and O–H groups in total. The maximum atomic E-state index is 11.6. The lowest BCUT2D eigenvalue weighted by molar-refractivity contribution is -0.119. The summed E-state index contributed by atoms with van der Waals surface area (Å²) in [5, 5.41) is 2.85. The molecule has 0 saturated heterocycles. The maximum absolute atomic E-state index is 11.6. The summed E-state index contributed by atoms with van der Waals surface area (Å²) in [6, 6.07) is 0. The molecule has 1 heterocycles. The number of nitrogens with two attached hydrogens (primary N) is 1. The first-order valence-electron chi connectivity index (χ1n) is 6.07. The fourth-order valence-corrected chi connectivity index (χ4v) is 1.73. The summed E-state index contributed by atoms with van der Waals surface area (Å²) in [4.78, 5) is 23.9. The van der Waals surface area contributed by atoms with E-state index in [2.05, 4.69) is 20.3 Å². The minimum absolute atomic E-state index is 0.146. The topological polar surface area (TPSA) is 102 Å². The van der Waals surface area contributed by atoms with Crippen LogP contribution < -0.4 is 15.8 Å². The highest BCUT2D eigenvalue weighted by Gasteiger charge is 2.13. The molecule has 0 unspecified atom stereocenters. The summed E-state index contributed by atoms with van der Waals surface area (Å²) < 4.78 is 5.12. The van der Waals surface area contributed by atoms with Crippen molar-refractivity contribution in [1.82, 2.24) is 15.3 Å². The lowest BCUT2D eigenvalue weighted by Crippen LogP contribution is -2.30. The van der Waals surface area contributed by atoms with Crippen LogP contribution in [0.2, 0.25) is 5.15 Å². The van der Waals surface area contributed by atoms with E-state index in [1.54, 1.807) is 13.8 Å². The predicted octanol–water partition coefficient (Wildman–Crippen LogP) is 1.00. The van der Waals surface area contributed by atoms with Gasteiger partial charge in [0, 0.05) is 18.8 Å². The van der Waals surface area contributed by atoms with E-state index in [4.69, 9.17) is 22.1 Å². The first-order chi connectivity index (χ1) is 9.47. The molecule has 0 aliphatic rings. The van der Waals surface area contributed by atoms with Crippen LogP contribution in [-0.2, 0) is 4.79 Å². The molecule has 0 radical (unpaired) electrons. The van der Waals surface area contributed by atoms with Crippen molar-refractivity contribution in [2.45, 2.75) is 20.3 Å². The van der Waals surface area contributed by atoms with Crippen LogP contribution in [0.25, 0.3) is 0 Å². The quantitative estimate of drug-likeness (QED) is 0.602. The fourth-order valence-electron chi connectivity index (χ4n) is 1.48. The maximum Gasteiger partial charge on any atom is 0.244 e. The number of amides is 1. The number of nitrogens with one attached hydrogen (secondary N) is 1. The van der Waals surface area contributed by atoms with Crippen molar-refractivity contribution >= 4 is 28.9 Å². The average molecular weight is 300 g/mol. The van der Waals surface area contributed by atoms with Gasteiger partial charge in [-0.1, -0.05) is 11.6 Å². The van der Waals surface area contributed by atoms with Crippen molar-refractivity contribution in [3.8, 4) is 5.88 Å². The molecule has 20 heavy (non-hydrogen) atoms. The third-order valence-electron chi connectivity index (χ3n) is 2.30. The van der Waals surface area contributed by atoms with E-state index in [9.17, 15) is 4.79 Å². The number of hydrogen-bond donors (Lipinski definition) is 2. The van der Waals surface area contributed by atoms with Crippen LogP contribution in [0.1, 0.15) is 19.2 Å². The summed E-state index contributed by atoms with van der Waals surface area (Å²) in [5.74, 6) is 0.619. The molecular formula is C12H18ClN5O2. The van der Waals surface area contributed by atoms with E-state index in [1.807, 2.05) is 0 Å². The summed E-state index contributed by atoms with van der Waals surface area (Å²) in [6.07, 6.45) is 0.146. The number of methoxy groups -OCH3 is 1. The number of halogens is 1. The molecule has 1 aromatic rings. The third-order valence-corrected chi connectivity index (χ3v) is 2.56. The second-order valence-corrected chi connectivity index (χ2v) is 4.44. The molecule has 0 fully saturated rings. The van der Waals surface area contributed by atoms with Gasteiger partial charge in [-0.3, -0.25) is 4.79 Å². The Hall–Kier alpha value is -1.73. The number of rotatable bonds is 6. The van der Waals surface area contributed by atoms with Crippen LogP contribution in [0.4, 0.5) is 5.69 Å². The van der Waals surface area contributed by atoms with Gasteiger partial charge in [0.15, 0.2) is 10.8 Å². The van der Waals surface area contributed by atoms with Crippen LogP contribution in [0.5, 0.6) is 5.88 Å². The van der Waals surface area contributed by atoms with E-state index in [0.717, 1.165) is 0 Å². The number of ether oxygens (including phenoxy) is 1. The van der Waals surface area contributed by atoms with Gasteiger partial charge in [0.1, 0.15) is 5.82 Å². The molecule has 0 aliphatic carbocycles. The zero-order valence-electron chi connectivity index (χ0n) is 11.7. The Morgan fingerprint density at radius 1 is 1.50 bits per heavy atom. The zero-order chi connectivity index (χ0) is 15.1. The minimum atomic E-state index is -0.153. The lowest BCUT2D eigenvalue weighted by Gasteiger charge is -2.07. The van der Waals surface area contributed by atoms with Crippen LogP contribution in [0.15, 0.2) is 4.99 Å². The normalized spacial score (nSPS) is 11.3. The first-order valence-corrected chi connectivity index (χ1v) is 6.44. The van der Waals surface area contributed by atoms with E-state index >= 15 is 0 Å². The number of aromatic nitrogens is 2. The zero-order valence-corrected chi connectivity index (χ0v) is 12.5. The SMILES string of the molecule is COc1nc(C)nc(Cl)c1N=C(C)CC(=O)NCCN. The molecule has 0 atom stereocenters. The molecule has 0 aromatic carbocycles. The predicted molar refractivity (Wildman–Crippen MR) is 77.8 cm³/mol. The van der Waals surface area contributed by atoms with E-state index in [0.29, 0.717) is 30.3 Å². The van der Waals surface area contributed by atoms with Crippen LogP contribution in [0.3, 0.4) is 0 Å². The summed E-state index contributed by atoms with van der Waals surface area (Å²) in [7, 11) is 1.47. The highest BCUT2D eigenvalue weighted by Crippen LogP contribution is 2.32. The number of nitrogens with zero attached hydrogens (tertiary/aromatic N) is 3. The van der Waals surface area contributed by atoms with Crippen molar-refractivity contribution in [2.24, 2.45) is 10.7 Å². The van der Waals surface area contributed by atoms with E-state index < -0.39 is 0 Å². The highest BCUT2D eigenvalue weighted by molar-refractivity contribution is 6.32. The standard InChI is InChI=1S/C12H18ClN5O2/c1-7(6-9(19)15-5-4-14)16-10-11(13)17-8(2)18-12(10)20-3/h4-6,14H2,1-3H3,(H,15,19). The van der Waals surface area contributed by atoms with Crippen molar-refractivity contribution in [2.75, 3.05) is 20.2 Å². The van der Waals surface area contributed by atoms with Crippen molar-refractivity contribution < 1.29 is 9.53 Å². The Morgan fingerprint density at radius 3 is 2.80 bits per heavy atom. The molecule has 0 spiro atoms. The molecule has 0 saturated carbocycles. The van der Waals surface area contributed by atoms with E-state index in [-0.39, 0.29) is 23.4 Å². The summed E-state index contributed by atoms with van der Waals surface area (Å²) in [5.41, 5.74) is 6.21. The summed E-state index contributed by atoms with van der Waals surface area (Å²) >= 11 is 6.02. The Morgan fingerprint density at radius 2 is 2.20 bits per heavy atom. The average Bonchev–Trinajstić information content (AvgIpc) is 2.39. The number of carbonyl (C=O) groups excluding carboxylic acids is 1. The lowest BCUT2D eigenvalue weighted by atomic mass is 10.3. The number of aryl methyl sites for hydroxylation is 1. The molecule has 0 aliphatic heterocycles. The highest BCUT2D eigenvalue weighted by atomic mass is 35.5. The number of aliphatic imine (C=N–C) groups is 1. The van der Waals surface area contributed by atoms with Crippen molar-refractivity contribution in [3.63, 3.8) is 0 Å². The molecule has 7 nitrogen and oxygen atoms in total. The molecular weight excluding hydrogens is 282 g/mol. The third kappa shape index (κ3) is 4.75. The van der Waals surface area contributed by atoms with E-state index in [1.165, 1.54) is 7.11 Å². The molecule has 1 aromatic heterocycles. The number of hydrogen-bond acceptors (Lipinski definition) is 6. The van der Waals surface area contributed by atoms with Gasteiger partial charge in [-0.2, -0.15) is 4.98 Å². The van der Waals surface area contributed by atoms with Gasteiger partial charge in [-0.15, -0.1) is 0 Å². The fraction of sp³-hybridized carbons (Fsp3) is 0.500. The largest absolute Gasteiger partial charge is 0.479 e. The number of carbonyl (C=O) groups is 1. The van der Waals surface area contributed by atoms with Gasteiger partial charge in [-0.05, 0) is 13.8 Å². The molecule has 1 amide bonds. The Kier molecular flexibility index (Phi) is 6.33. The van der Waals surface area contributed by atoms with Gasteiger partial charge >= 0.3 is 0 Å². The van der Waals surface area contributed by atoms with Gasteiger partial charge in [0.05, 0.1) is 13.5 Å². The molecule has 8 heteroatoms. The molecule has 110 valence electrons. The van der Waals surface area contributed by atoms with Gasteiger partial charge < -0.3 is 15.8 Å². The smallest absolute Gasteiger partial charge is 0.244 e. The van der Waals surface area contributed by atoms with Crippen molar-refractivity contribution in [3.05, 3.63) is 11.0 Å². The van der Waals surface area contributed by atoms with Crippen LogP contribution >= 0.6 is 11.6 Å². The molecule has 1 rings (SSSR count). The molecule has 0 bridgehead atoms.